The van der Waals surface area contributed by atoms with Gasteiger partial charge in [-0.25, -0.2) is 4.98 Å². The Bertz CT molecular complexity index is 313. The minimum Gasteiger partial charge on any atom is -0.309 e. The fraction of sp³-hybridized carbons (Fsp3) is 0.500. The van der Waals surface area contributed by atoms with E-state index in [2.05, 4.69) is 38.1 Å². The monoisotopic (exact) mass is 271 g/mol. The van der Waals surface area contributed by atoms with E-state index >= 15 is 0 Å². The summed E-state index contributed by atoms with van der Waals surface area (Å²) in [6, 6.07) is 0. The number of rotatable bonds is 5. The second kappa shape index (κ2) is 6.50. The number of halogens is 1. The van der Waals surface area contributed by atoms with Crippen LogP contribution in [0.1, 0.15) is 31.9 Å². The molecule has 0 saturated carbocycles. The molecule has 1 heterocycles. The maximum absolute atomic E-state index is 11.3. The standard InChI is InChI=1S/C10H14BrN3O/c1-2-3-4-10(15)14-9-7-12-8(5-11)6-13-9/h6-7H,2-5H2,1H3,(H,13,14,15). The predicted octanol–water partition coefficient (Wildman–Crippen LogP) is 2.50. The topological polar surface area (TPSA) is 54.9 Å². The molecule has 15 heavy (non-hydrogen) atoms. The van der Waals surface area contributed by atoms with Crippen molar-refractivity contribution in [2.24, 2.45) is 0 Å². The highest BCUT2D eigenvalue weighted by atomic mass is 79.9. The zero-order valence-corrected chi connectivity index (χ0v) is 10.2. The van der Waals surface area contributed by atoms with Crippen LogP contribution < -0.4 is 5.32 Å². The van der Waals surface area contributed by atoms with Crippen molar-refractivity contribution in [3.05, 3.63) is 18.1 Å². The molecule has 0 aliphatic carbocycles. The average Bonchev–Trinajstić information content (AvgIpc) is 2.27. The lowest BCUT2D eigenvalue weighted by Gasteiger charge is -2.03. The van der Waals surface area contributed by atoms with Crippen LogP contribution in [0.4, 0.5) is 5.82 Å². The quantitative estimate of drug-likeness (QED) is 0.838. The largest absolute Gasteiger partial charge is 0.309 e. The van der Waals surface area contributed by atoms with Crippen molar-refractivity contribution in [1.82, 2.24) is 9.97 Å². The number of unbranched alkanes of at least 4 members (excludes halogenated alkanes) is 1. The lowest BCUT2D eigenvalue weighted by atomic mass is 10.2. The molecular weight excluding hydrogens is 258 g/mol. The summed E-state index contributed by atoms with van der Waals surface area (Å²) in [7, 11) is 0. The summed E-state index contributed by atoms with van der Waals surface area (Å²) in [6.07, 6.45) is 5.67. The molecule has 1 rings (SSSR count). The summed E-state index contributed by atoms with van der Waals surface area (Å²) in [5.41, 5.74) is 0.849. The van der Waals surface area contributed by atoms with E-state index in [0.29, 0.717) is 17.6 Å². The molecule has 4 nitrogen and oxygen atoms in total. The van der Waals surface area contributed by atoms with Gasteiger partial charge < -0.3 is 5.32 Å². The Balaban J connectivity index is 2.46. The van der Waals surface area contributed by atoms with Gasteiger partial charge in [-0.3, -0.25) is 9.78 Å². The van der Waals surface area contributed by atoms with Crippen LogP contribution in [0.3, 0.4) is 0 Å². The minimum atomic E-state index is -0.00209. The van der Waals surface area contributed by atoms with Gasteiger partial charge in [0.15, 0.2) is 5.82 Å². The number of nitrogens with zero attached hydrogens (tertiary/aromatic N) is 2. The zero-order valence-electron chi connectivity index (χ0n) is 8.66. The predicted molar refractivity (Wildman–Crippen MR) is 62.8 cm³/mol. The Morgan fingerprint density at radius 2 is 2.27 bits per heavy atom. The smallest absolute Gasteiger partial charge is 0.225 e. The Morgan fingerprint density at radius 1 is 1.47 bits per heavy atom. The second-order valence-electron chi connectivity index (χ2n) is 3.18. The summed E-state index contributed by atoms with van der Waals surface area (Å²) in [6.45, 7) is 2.05. The molecule has 1 N–H and O–H groups in total. The number of aromatic nitrogens is 2. The molecule has 0 unspecified atom stereocenters. The molecule has 1 aromatic rings. The van der Waals surface area contributed by atoms with E-state index in [9.17, 15) is 4.79 Å². The van der Waals surface area contributed by atoms with Gasteiger partial charge in [0, 0.05) is 11.8 Å². The molecular formula is C10H14BrN3O. The summed E-state index contributed by atoms with van der Waals surface area (Å²) in [5, 5.41) is 3.37. The van der Waals surface area contributed by atoms with Crippen molar-refractivity contribution in [3.63, 3.8) is 0 Å². The number of anilines is 1. The molecule has 5 heteroatoms. The Morgan fingerprint density at radius 3 is 2.80 bits per heavy atom. The van der Waals surface area contributed by atoms with Gasteiger partial charge in [0.2, 0.25) is 5.91 Å². The van der Waals surface area contributed by atoms with E-state index < -0.39 is 0 Å². The highest BCUT2D eigenvalue weighted by Gasteiger charge is 2.02. The van der Waals surface area contributed by atoms with Crippen LogP contribution in [0.2, 0.25) is 0 Å². The maximum atomic E-state index is 11.3. The summed E-state index contributed by atoms with van der Waals surface area (Å²) in [5.74, 6) is 0.513. The van der Waals surface area contributed by atoms with E-state index in [0.717, 1.165) is 18.5 Å². The second-order valence-corrected chi connectivity index (χ2v) is 3.74. The number of nitrogens with one attached hydrogen (secondary N) is 1. The van der Waals surface area contributed by atoms with Gasteiger partial charge in [0.1, 0.15) is 0 Å². The van der Waals surface area contributed by atoms with E-state index in [1.807, 2.05) is 0 Å². The third-order valence-electron chi connectivity index (χ3n) is 1.87. The van der Waals surface area contributed by atoms with Crippen LogP contribution in [-0.2, 0) is 10.1 Å². The van der Waals surface area contributed by atoms with Crippen LogP contribution in [0.25, 0.3) is 0 Å². The first-order valence-electron chi connectivity index (χ1n) is 4.93. The molecule has 1 aromatic heterocycles. The Hall–Kier alpha value is -0.970. The molecule has 0 fully saturated rings. The van der Waals surface area contributed by atoms with Gasteiger partial charge in [0.05, 0.1) is 18.1 Å². The van der Waals surface area contributed by atoms with Crippen molar-refractivity contribution in [2.75, 3.05) is 5.32 Å². The van der Waals surface area contributed by atoms with Crippen LogP contribution in [0.5, 0.6) is 0 Å². The molecule has 0 saturated heterocycles. The number of carbonyl (C=O) groups is 1. The lowest BCUT2D eigenvalue weighted by Crippen LogP contribution is -2.12. The van der Waals surface area contributed by atoms with Crippen molar-refractivity contribution < 1.29 is 4.79 Å². The van der Waals surface area contributed by atoms with Crippen LogP contribution in [0.15, 0.2) is 12.4 Å². The van der Waals surface area contributed by atoms with Crippen molar-refractivity contribution in [1.29, 1.82) is 0 Å². The van der Waals surface area contributed by atoms with Gasteiger partial charge in [-0.15, -0.1) is 0 Å². The molecule has 0 aliphatic heterocycles. The van der Waals surface area contributed by atoms with E-state index in [-0.39, 0.29) is 5.91 Å². The zero-order chi connectivity index (χ0) is 11.1. The minimum absolute atomic E-state index is 0.00209. The Labute approximate surface area is 97.6 Å². The number of hydrogen-bond donors (Lipinski definition) is 1. The number of hydrogen-bond acceptors (Lipinski definition) is 3. The lowest BCUT2D eigenvalue weighted by molar-refractivity contribution is -0.116. The molecule has 0 aromatic carbocycles. The Kier molecular flexibility index (Phi) is 5.25. The third kappa shape index (κ3) is 4.38. The fourth-order valence-electron chi connectivity index (χ4n) is 1.03. The van der Waals surface area contributed by atoms with Gasteiger partial charge in [0.25, 0.3) is 0 Å². The molecule has 0 radical (unpaired) electrons. The van der Waals surface area contributed by atoms with Gasteiger partial charge in [-0.05, 0) is 6.42 Å². The number of carbonyl (C=O) groups excluding carboxylic acids is 1. The molecule has 0 atom stereocenters. The SMILES string of the molecule is CCCCC(=O)Nc1cnc(CBr)cn1. The first kappa shape index (κ1) is 12.1. The van der Waals surface area contributed by atoms with E-state index in [1.165, 1.54) is 0 Å². The first-order valence-corrected chi connectivity index (χ1v) is 6.05. The summed E-state index contributed by atoms with van der Waals surface area (Å²) >= 11 is 3.28. The van der Waals surface area contributed by atoms with Crippen molar-refractivity contribution in [2.45, 2.75) is 31.5 Å². The summed E-state index contributed by atoms with van der Waals surface area (Å²) < 4.78 is 0. The summed E-state index contributed by atoms with van der Waals surface area (Å²) in [4.78, 5) is 19.5. The highest BCUT2D eigenvalue weighted by molar-refractivity contribution is 9.08. The van der Waals surface area contributed by atoms with Crippen LogP contribution in [-0.4, -0.2) is 15.9 Å². The normalized spacial score (nSPS) is 10.0. The maximum Gasteiger partial charge on any atom is 0.225 e. The number of alkyl halides is 1. The highest BCUT2D eigenvalue weighted by Crippen LogP contribution is 2.05. The third-order valence-corrected chi connectivity index (χ3v) is 2.44. The van der Waals surface area contributed by atoms with Crippen molar-refractivity contribution in [3.8, 4) is 0 Å². The molecule has 0 aliphatic rings. The number of amides is 1. The van der Waals surface area contributed by atoms with Gasteiger partial charge >= 0.3 is 0 Å². The van der Waals surface area contributed by atoms with Crippen LogP contribution in [0, 0.1) is 0 Å². The first-order chi connectivity index (χ1) is 7.26. The molecule has 82 valence electrons. The fourth-order valence-corrected chi connectivity index (χ4v) is 1.32. The van der Waals surface area contributed by atoms with Gasteiger partial charge in [-0.2, -0.15) is 0 Å². The van der Waals surface area contributed by atoms with E-state index in [1.54, 1.807) is 12.4 Å². The van der Waals surface area contributed by atoms with Gasteiger partial charge in [-0.1, -0.05) is 29.3 Å². The molecule has 0 spiro atoms. The van der Waals surface area contributed by atoms with Crippen LogP contribution >= 0.6 is 15.9 Å². The van der Waals surface area contributed by atoms with E-state index in [4.69, 9.17) is 0 Å². The molecule has 1 amide bonds. The average molecular weight is 272 g/mol. The van der Waals surface area contributed by atoms with Crippen molar-refractivity contribution >= 4 is 27.7 Å². The molecule has 0 bridgehead atoms.